The Balaban J connectivity index is 2.81. The molecule has 1 aromatic heterocycles. The molecule has 0 saturated heterocycles. The molecular weight excluding hydrogens is 442 g/mol. The van der Waals surface area contributed by atoms with E-state index in [9.17, 15) is 29.4 Å². The van der Waals surface area contributed by atoms with Crippen molar-refractivity contribution in [1.82, 2.24) is 25.9 Å². The van der Waals surface area contributed by atoms with Gasteiger partial charge in [-0.1, -0.05) is 0 Å². The summed E-state index contributed by atoms with van der Waals surface area (Å²) in [6.07, 6.45) is 4.06. The summed E-state index contributed by atoms with van der Waals surface area (Å²) in [4.78, 5) is 55.3. The topological polar surface area (TPSA) is 226 Å². The van der Waals surface area contributed by atoms with Crippen LogP contribution < -0.4 is 27.4 Å². The average molecular weight is 474 g/mol. The molecular formula is C18H31N7O6S. The fourth-order valence-electron chi connectivity index (χ4n) is 2.68. The molecule has 0 saturated carbocycles. The van der Waals surface area contributed by atoms with Gasteiger partial charge in [0.25, 0.3) is 0 Å². The normalized spacial score (nSPS) is 14.6. The third kappa shape index (κ3) is 9.21. The number of carboxylic acid groups (broad SMARTS) is 1. The molecule has 1 rings (SSSR count). The highest BCUT2D eigenvalue weighted by molar-refractivity contribution is 7.80. The number of nitrogens with one attached hydrogen (secondary N) is 4. The molecule has 3 amide bonds. The maximum absolute atomic E-state index is 12.7. The van der Waals surface area contributed by atoms with E-state index in [0.29, 0.717) is 25.1 Å². The van der Waals surface area contributed by atoms with Crippen LogP contribution >= 0.6 is 12.6 Å². The number of thiol groups is 1. The third-order valence-corrected chi connectivity index (χ3v) is 4.92. The van der Waals surface area contributed by atoms with Crippen LogP contribution in [0, 0.1) is 0 Å². The fourth-order valence-corrected chi connectivity index (χ4v) is 2.84. The molecule has 0 aliphatic rings. The summed E-state index contributed by atoms with van der Waals surface area (Å²) in [5.41, 5.74) is 11.6. The molecule has 10 N–H and O–H groups in total. The molecule has 4 atom stereocenters. The van der Waals surface area contributed by atoms with Gasteiger partial charge in [-0.05, 0) is 25.8 Å². The van der Waals surface area contributed by atoms with Crippen LogP contribution in [0.15, 0.2) is 12.5 Å². The largest absolute Gasteiger partial charge is 0.480 e. The van der Waals surface area contributed by atoms with E-state index in [4.69, 9.17) is 11.5 Å². The van der Waals surface area contributed by atoms with Crippen molar-refractivity contribution in [1.29, 1.82) is 0 Å². The Kier molecular flexibility index (Phi) is 12.3. The zero-order valence-corrected chi connectivity index (χ0v) is 18.4. The number of aliphatic carboxylic acids is 1. The predicted octanol–water partition coefficient (Wildman–Crippen LogP) is -3.13. The van der Waals surface area contributed by atoms with Crippen LogP contribution in [0.2, 0.25) is 0 Å². The standard InChI is InChI=1S/C18H31N7O6S/c19-4-2-1-3-12(23-15(27)11(20)8-32)16(28)25-14(7-26)17(29)24-13(18(30)31)5-10-6-21-9-22-10/h6,9,11-14,26,32H,1-5,7-8,19-20H2,(H,21,22)(H,23,27)(H,24,29)(H,25,28)(H,30,31). The van der Waals surface area contributed by atoms with E-state index in [1.165, 1.54) is 12.5 Å². The lowest BCUT2D eigenvalue weighted by atomic mass is 10.1. The SMILES string of the molecule is NCCCCC(NC(=O)C(N)CS)C(=O)NC(CO)C(=O)NC(Cc1cnc[nH]1)C(=O)O. The first kappa shape index (κ1) is 27.4. The second kappa shape index (κ2) is 14.4. The van der Waals surface area contributed by atoms with Crippen molar-refractivity contribution < 1.29 is 29.4 Å². The van der Waals surface area contributed by atoms with Gasteiger partial charge in [-0.15, -0.1) is 0 Å². The molecule has 1 aromatic rings. The van der Waals surface area contributed by atoms with Crippen molar-refractivity contribution in [2.75, 3.05) is 18.9 Å². The summed E-state index contributed by atoms with van der Waals surface area (Å²) in [6.45, 7) is -0.388. The van der Waals surface area contributed by atoms with Crippen LogP contribution in [0.4, 0.5) is 0 Å². The number of carboxylic acids is 1. The number of carbonyl (C=O) groups excluding carboxylic acids is 3. The van der Waals surface area contributed by atoms with Crippen LogP contribution in [-0.4, -0.2) is 86.9 Å². The number of nitrogens with zero attached hydrogens (tertiary/aromatic N) is 1. The molecule has 0 aliphatic heterocycles. The minimum absolute atomic E-state index is 0.0670. The Bertz CT molecular complexity index is 748. The van der Waals surface area contributed by atoms with Gasteiger partial charge in [0.15, 0.2) is 0 Å². The molecule has 180 valence electrons. The minimum Gasteiger partial charge on any atom is -0.480 e. The average Bonchev–Trinajstić information content (AvgIpc) is 3.28. The number of H-pyrrole nitrogens is 1. The fraction of sp³-hybridized carbons (Fsp3) is 0.611. The molecule has 0 aromatic carbocycles. The van der Waals surface area contributed by atoms with Crippen molar-refractivity contribution in [2.24, 2.45) is 11.5 Å². The maximum atomic E-state index is 12.7. The van der Waals surface area contributed by atoms with Crippen molar-refractivity contribution in [2.45, 2.75) is 49.9 Å². The summed E-state index contributed by atoms with van der Waals surface area (Å²) < 4.78 is 0. The van der Waals surface area contributed by atoms with Gasteiger partial charge in [0.1, 0.15) is 18.1 Å². The first-order valence-corrected chi connectivity index (χ1v) is 10.6. The second-order valence-electron chi connectivity index (χ2n) is 7.06. The lowest BCUT2D eigenvalue weighted by Gasteiger charge is -2.24. The maximum Gasteiger partial charge on any atom is 0.326 e. The highest BCUT2D eigenvalue weighted by atomic mass is 32.1. The van der Waals surface area contributed by atoms with Crippen LogP contribution in [0.1, 0.15) is 25.0 Å². The summed E-state index contributed by atoms with van der Waals surface area (Å²) in [5, 5.41) is 26.1. The number of imidazole rings is 1. The van der Waals surface area contributed by atoms with Crippen molar-refractivity contribution in [3.8, 4) is 0 Å². The van der Waals surface area contributed by atoms with E-state index >= 15 is 0 Å². The number of carbonyl (C=O) groups is 4. The Morgan fingerprint density at radius 3 is 2.22 bits per heavy atom. The van der Waals surface area contributed by atoms with E-state index in [-0.39, 0.29) is 18.6 Å². The minimum atomic E-state index is -1.43. The molecule has 0 bridgehead atoms. The number of aliphatic hydroxyl groups is 1. The van der Waals surface area contributed by atoms with Crippen molar-refractivity contribution in [3.05, 3.63) is 18.2 Å². The van der Waals surface area contributed by atoms with Gasteiger partial charge in [-0.25, -0.2) is 9.78 Å². The number of amides is 3. The van der Waals surface area contributed by atoms with Gasteiger partial charge < -0.3 is 42.6 Å². The molecule has 0 aliphatic carbocycles. The van der Waals surface area contributed by atoms with E-state index in [2.05, 4.69) is 38.5 Å². The summed E-state index contributed by atoms with van der Waals surface area (Å²) in [6, 6.07) is -4.71. The third-order valence-electron chi connectivity index (χ3n) is 4.52. The van der Waals surface area contributed by atoms with E-state index in [0.717, 1.165) is 0 Å². The smallest absolute Gasteiger partial charge is 0.326 e. The summed E-state index contributed by atoms with van der Waals surface area (Å²) >= 11 is 3.95. The van der Waals surface area contributed by atoms with Gasteiger partial charge >= 0.3 is 5.97 Å². The zero-order valence-electron chi connectivity index (χ0n) is 17.5. The number of rotatable bonds is 15. The van der Waals surface area contributed by atoms with Crippen molar-refractivity contribution in [3.63, 3.8) is 0 Å². The van der Waals surface area contributed by atoms with E-state index in [1.807, 2.05) is 0 Å². The number of nitrogens with two attached hydrogens (primary N) is 2. The van der Waals surface area contributed by atoms with Gasteiger partial charge in [-0.2, -0.15) is 12.6 Å². The van der Waals surface area contributed by atoms with Gasteiger partial charge in [-0.3, -0.25) is 14.4 Å². The summed E-state index contributed by atoms with van der Waals surface area (Å²) in [5.74, 6) is -3.45. The molecule has 14 heteroatoms. The molecule has 0 fully saturated rings. The zero-order chi connectivity index (χ0) is 24.1. The van der Waals surface area contributed by atoms with E-state index in [1.54, 1.807) is 0 Å². The van der Waals surface area contributed by atoms with Gasteiger partial charge in [0.05, 0.1) is 19.0 Å². The molecule has 1 heterocycles. The van der Waals surface area contributed by atoms with Crippen LogP contribution in [0.5, 0.6) is 0 Å². The van der Waals surface area contributed by atoms with E-state index < -0.39 is 54.5 Å². The molecule has 4 unspecified atom stereocenters. The molecule has 13 nitrogen and oxygen atoms in total. The van der Waals surface area contributed by atoms with Crippen LogP contribution in [0.3, 0.4) is 0 Å². The lowest BCUT2D eigenvalue weighted by Crippen LogP contribution is -2.58. The molecule has 0 radical (unpaired) electrons. The van der Waals surface area contributed by atoms with Gasteiger partial charge in [0, 0.05) is 24.1 Å². The number of aliphatic hydroxyl groups excluding tert-OH is 1. The number of hydrogen-bond acceptors (Lipinski definition) is 9. The number of unbranched alkanes of at least 4 members (excludes halogenated alkanes) is 1. The number of aromatic amines is 1. The monoisotopic (exact) mass is 473 g/mol. The second-order valence-corrected chi connectivity index (χ2v) is 7.42. The van der Waals surface area contributed by atoms with Crippen molar-refractivity contribution >= 4 is 36.3 Å². The first-order chi connectivity index (χ1) is 15.2. The van der Waals surface area contributed by atoms with Crippen LogP contribution in [-0.2, 0) is 25.6 Å². The Morgan fingerprint density at radius 1 is 1.06 bits per heavy atom. The Hall–Kier alpha value is -2.68. The highest BCUT2D eigenvalue weighted by Crippen LogP contribution is 2.04. The highest BCUT2D eigenvalue weighted by Gasteiger charge is 2.30. The predicted molar refractivity (Wildman–Crippen MR) is 118 cm³/mol. The Morgan fingerprint density at radius 2 is 1.69 bits per heavy atom. The number of aromatic nitrogens is 2. The quantitative estimate of drug-likeness (QED) is 0.0925. The van der Waals surface area contributed by atoms with Gasteiger partial charge in [0.2, 0.25) is 17.7 Å². The number of hydrogen-bond donors (Lipinski definition) is 9. The lowest BCUT2D eigenvalue weighted by molar-refractivity contribution is -0.142. The molecule has 32 heavy (non-hydrogen) atoms. The van der Waals surface area contributed by atoms with Crippen LogP contribution in [0.25, 0.3) is 0 Å². The first-order valence-electron chi connectivity index (χ1n) is 10.0. The summed E-state index contributed by atoms with van der Waals surface area (Å²) in [7, 11) is 0. The molecule has 0 spiro atoms. The Labute approximate surface area is 190 Å².